The highest BCUT2D eigenvalue weighted by molar-refractivity contribution is 5.78. The van der Waals surface area contributed by atoms with Gasteiger partial charge in [-0.1, -0.05) is 60.7 Å². The van der Waals surface area contributed by atoms with Crippen LogP contribution in [0.3, 0.4) is 0 Å². The van der Waals surface area contributed by atoms with Crippen LogP contribution in [0.4, 0.5) is 0 Å². The standard InChI is InChI=1S/C33H36N4O4/c38-24-32(26-10-4-1-5-11-26)36-21-28-14-15-31(23-35-28)41-19-9-3-8-18-40-30-16-17-34-29(20-30)22-37-33(25-39)27-12-6-2-7-13-27/h1-2,4-7,10-17,20-23,32-33,38-39H,3,8-9,18-19,24-25H2/t32-,33-/m1/s1. The van der Waals surface area contributed by atoms with Crippen molar-refractivity contribution in [1.29, 1.82) is 0 Å². The van der Waals surface area contributed by atoms with E-state index in [9.17, 15) is 10.2 Å². The van der Waals surface area contributed by atoms with Gasteiger partial charge < -0.3 is 19.7 Å². The van der Waals surface area contributed by atoms with Crippen LogP contribution in [0.15, 0.2) is 107 Å². The van der Waals surface area contributed by atoms with Crippen LogP contribution in [0.25, 0.3) is 0 Å². The SMILES string of the molecule is OC[C@@H](N=Cc1ccc(OCCCCCOc2ccnc(C=N[C@H](CO)c3ccccc3)c2)cn1)c1ccccc1. The number of aliphatic hydroxyl groups excluding tert-OH is 2. The van der Waals surface area contributed by atoms with Gasteiger partial charge in [0.25, 0.3) is 0 Å². The minimum Gasteiger partial charge on any atom is -0.493 e. The lowest BCUT2D eigenvalue weighted by Gasteiger charge is -2.10. The van der Waals surface area contributed by atoms with E-state index >= 15 is 0 Å². The van der Waals surface area contributed by atoms with Gasteiger partial charge in [0.2, 0.25) is 0 Å². The summed E-state index contributed by atoms with van der Waals surface area (Å²) in [6, 6.07) is 26.2. The second-order valence-electron chi connectivity index (χ2n) is 9.37. The van der Waals surface area contributed by atoms with Gasteiger partial charge in [-0.05, 0) is 48.6 Å². The number of ether oxygens (including phenoxy) is 2. The number of aliphatic hydroxyl groups is 2. The first-order valence-corrected chi connectivity index (χ1v) is 13.8. The molecule has 8 nitrogen and oxygen atoms in total. The molecule has 2 N–H and O–H groups in total. The fourth-order valence-electron chi connectivity index (χ4n) is 4.06. The van der Waals surface area contributed by atoms with Crippen LogP contribution >= 0.6 is 0 Å². The summed E-state index contributed by atoms with van der Waals surface area (Å²) < 4.78 is 11.7. The van der Waals surface area contributed by atoms with Crippen molar-refractivity contribution >= 4 is 12.4 Å². The Balaban J connectivity index is 1.13. The van der Waals surface area contributed by atoms with Crippen molar-refractivity contribution in [3.8, 4) is 11.5 Å². The third kappa shape index (κ3) is 9.94. The van der Waals surface area contributed by atoms with Crippen molar-refractivity contribution in [2.75, 3.05) is 26.4 Å². The second kappa shape index (κ2) is 16.6. The summed E-state index contributed by atoms with van der Waals surface area (Å²) in [5.41, 5.74) is 3.30. The minimum atomic E-state index is -0.322. The second-order valence-corrected chi connectivity index (χ2v) is 9.37. The van der Waals surface area contributed by atoms with E-state index in [1.807, 2.05) is 84.9 Å². The van der Waals surface area contributed by atoms with Crippen LogP contribution < -0.4 is 9.47 Å². The van der Waals surface area contributed by atoms with Gasteiger partial charge in [0.05, 0.1) is 56.1 Å². The molecule has 2 atom stereocenters. The smallest absolute Gasteiger partial charge is 0.137 e. The van der Waals surface area contributed by atoms with Crippen LogP contribution in [0.2, 0.25) is 0 Å². The number of rotatable bonds is 16. The van der Waals surface area contributed by atoms with E-state index in [1.54, 1.807) is 24.8 Å². The lowest BCUT2D eigenvalue weighted by atomic mass is 10.1. The van der Waals surface area contributed by atoms with E-state index < -0.39 is 0 Å². The molecule has 0 saturated heterocycles. The third-order valence-electron chi connectivity index (χ3n) is 6.33. The van der Waals surface area contributed by atoms with E-state index in [1.165, 1.54) is 0 Å². The highest BCUT2D eigenvalue weighted by atomic mass is 16.5. The number of hydrogen-bond donors (Lipinski definition) is 2. The molecular formula is C33H36N4O4. The first-order chi connectivity index (χ1) is 20.2. The van der Waals surface area contributed by atoms with Crippen molar-refractivity contribution in [2.24, 2.45) is 9.98 Å². The Kier molecular flexibility index (Phi) is 12.0. The first kappa shape index (κ1) is 29.6. The molecule has 2 heterocycles. The molecule has 0 aliphatic carbocycles. The van der Waals surface area contributed by atoms with E-state index in [0.717, 1.165) is 36.1 Å². The average Bonchev–Trinajstić information content (AvgIpc) is 3.03. The molecule has 0 radical (unpaired) electrons. The Bertz CT molecular complexity index is 1350. The maximum Gasteiger partial charge on any atom is 0.137 e. The fourth-order valence-corrected chi connectivity index (χ4v) is 4.06. The van der Waals surface area contributed by atoms with Crippen LogP contribution in [0.5, 0.6) is 11.5 Å². The molecule has 0 spiro atoms. The molecular weight excluding hydrogens is 516 g/mol. The van der Waals surface area contributed by atoms with Gasteiger partial charge in [-0.2, -0.15) is 0 Å². The monoisotopic (exact) mass is 552 g/mol. The Morgan fingerprint density at radius 3 is 1.78 bits per heavy atom. The highest BCUT2D eigenvalue weighted by Gasteiger charge is 2.08. The zero-order valence-corrected chi connectivity index (χ0v) is 23.0. The summed E-state index contributed by atoms with van der Waals surface area (Å²) in [6.45, 7) is 1.06. The van der Waals surface area contributed by atoms with Gasteiger partial charge in [0.1, 0.15) is 11.5 Å². The molecule has 212 valence electrons. The van der Waals surface area contributed by atoms with E-state index in [-0.39, 0.29) is 25.3 Å². The van der Waals surface area contributed by atoms with Gasteiger partial charge in [0.15, 0.2) is 0 Å². The predicted octanol–water partition coefficient (Wildman–Crippen LogP) is 5.41. The van der Waals surface area contributed by atoms with Crippen LogP contribution in [0.1, 0.15) is 53.9 Å². The molecule has 2 aromatic carbocycles. The van der Waals surface area contributed by atoms with Crippen molar-refractivity contribution in [3.05, 3.63) is 120 Å². The average molecular weight is 553 g/mol. The van der Waals surface area contributed by atoms with Gasteiger partial charge >= 0.3 is 0 Å². The summed E-state index contributed by atoms with van der Waals surface area (Å²) in [6.07, 6.45) is 9.49. The summed E-state index contributed by atoms with van der Waals surface area (Å²) >= 11 is 0. The van der Waals surface area contributed by atoms with E-state index in [2.05, 4.69) is 20.0 Å². The molecule has 0 fully saturated rings. The molecule has 0 aliphatic rings. The number of benzene rings is 2. The zero-order chi connectivity index (χ0) is 28.5. The normalized spacial score (nSPS) is 12.9. The number of nitrogens with zero attached hydrogens (tertiary/aromatic N) is 4. The lowest BCUT2D eigenvalue weighted by molar-refractivity contribution is 0.269. The van der Waals surface area contributed by atoms with Gasteiger partial charge in [-0.3, -0.25) is 20.0 Å². The van der Waals surface area contributed by atoms with E-state index in [4.69, 9.17) is 9.47 Å². The van der Waals surface area contributed by atoms with E-state index in [0.29, 0.717) is 30.4 Å². The van der Waals surface area contributed by atoms with Crippen molar-refractivity contribution in [1.82, 2.24) is 9.97 Å². The molecule has 0 unspecified atom stereocenters. The summed E-state index contributed by atoms with van der Waals surface area (Å²) in [4.78, 5) is 17.7. The maximum absolute atomic E-state index is 9.69. The van der Waals surface area contributed by atoms with Crippen molar-refractivity contribution in [3.63, 3.8) is 0 Å². The maximum atomic E-state index is 9.69. The fraction of sp³-hybridized carbons (Fsp3) is 0.273. The van der Waals surface area contributed by atoms with Crippen LogP contribution in [-0.2, 0) is 0 Å². The molecule has 0 saturated carbocycles. The van der Waals surface area contributed by atoms with Crippen LogP contribution in [0, 0.1) is 0 Å². The number of hydrogen-bond acceptors (Lipinski definition) is 8. The molecule has 2 aromatic heterocycles. The Labute approximate surface area is 241 Å². The Morgan fingerprint density at radius 2 is 1.22 bits per heavy atom. The minimum absolute atomic E-state index is 0.0633. The summed E-state index contributed by atoms with van der Waals surface area (Å²) in [5.74, 6) is 1.45. The number of aliphatic imine (C=N–C) groups is 2. The molecule has 4 aromatic rings. The predicted molar refractivity (Wildman–Crippen MR) is 161 cm³/mol. The van der Waals surface area contributed by atoms with Gasteiger partial charge in [0, 0.05) is 24.7 Å². The van der Waals surface area contributed by atoms with Crippen molar-refractivity contribution in [2.45, 2.75) is 31.3 Å². The first-order valence-electron chi connectivity index (χ1n) is 13.8. The number of aromatic nitrogens is 2. The van der Waals surface area contributed by atoms with Gasteiger partial charge in [-0.15, -0.1) is 0 Å². The molecule has 0 amide bonds. The largest absolute Gasteiger partial charge is 0.493 e. The zero-order valence-electron chi connectivity index (χ0n) is 23.0. The summed E-state index contributed by atoms with van der Waals surface area (Å²) in [5, 5.41) is 19.3. The highest BCUT2D eigenvalue weighted by Crippen LogP contribution is 2.18. The Hall–Kier alpha value is -4.40. The topological polar surface area (TPSA) is 109 Å². The molecule has 4 rings (SSSR count). The third-order valence-corrected chi connectivity index (χ3v) is 6.33. The number of unbranched alkanes of at least 4 members (excludes halogenated alkanes) is 2. The molecule has 8 heteroatoms. The van der Waals surface area contributed by atoms with Crippen LogP contribution in [-0.4, -0.2) is 59.0 Å². The quantitative estimate of drug-likeness (QED) is 0.142. The Morgan fingerprint density at radius 1 is 0.634 bits per heavy atom. The molecule has 41 heavy (non-hydrogen) atoms. The number of pyridine rings is 2. The molecule has 0 aliphatic heterocycles. The van der Waals surface area contributed by atoms with Gasteiger partial charge in [-0.25, -0.2) is 0 Å². The summed E-state index contributed by atoms with van der Waals surface area (Å²) in [7, 11) is 0. The lowest BCUT2D eigenvalue weighted by Crippen LogP contribution is -2.03. The van der Waals surface area contributed by atoms with Crippen molar-refractivity contribution < 1.29 is 19.7 Å². The molecule has 0 bridgehead atoms.